The molecule has 0 spiro atoms. The van der Waals surface area contributed by atoms with Gasteiger partial charge in [-0.05, 0) is 36.4 Å². The molecule has 3 heteroatoms. The number of methoxy groups -OCH3 is 1. The molecule has 1 radical (unpaired) electrons. The standard InChI is InChI=1S/C12H11N2O/c1-15-12-6-5-9(8-10(12)13)11-4-2-3-7-14-11/h3-8H,13H2,1H3. The summed E-state index contributed by atoms with van der Waals surface area (Å²) in [6, 6.07) is 12.2. The molecule has 2 aromatic rings. The maximum Gasteiger partial charge on any atom is 0.141 e. The molecule has 15 heavy (non-hydrogen) atoms. The summed E-state index contributed by atoms with van der Waals surface area (Å²) in [5.41, 5.74) is 8.23. The first kappa shape index (κ1) is 9.52. The molecule has 2 rings (SSSR count). The van der Waals surface area contributed by atoms with Crippen molar-refractivity contribution >= 4 is 5.69 Å². The molecule has 0 bridgehead atoms. The highest BCUT2D eigenvalue weighted by Crippen LogP contribution is 2.26. The Morgan fingerprint density at radius 1 is 1.40 bits per heavy atom. The number of nitrogen functional groups attached to an aromatic ring is 1. The number of hydrogen-bond donors (Lipinski definition) is 1. The number of rotatable bonds is 2. The molecule has 0 unspecified atom stereocenters. The first-order chi connectivity index (χ1) is 7.31. The van der Waals surface area contributed by atoms with Gasteiger partial charge in [0.05, 0.1) is 18.5 Å². The summed E-state index contributed by atoms with van der Waals surface area (Å²) < 4.78 is 5.08. The van der Waals surface area contributed by atoms with Gasteiger partial charge in [-0.2, -0.15) is 0 Å². The molecular weight excluding hydrogens is 188 g/mol. The predicted molar refractivity (Wildman–Crippen MR) is 59.5 cm³/mol. The molecule has 2 N–H and O–H groups in total. The number of pyridine rings is 1. The van der Waals surface area contributed by atoms with Crippen LogP contribution in [0.3, 0.4) is 0 Å². The Morgan fingerprint density at radius 3 is 2.87 bits per heavy atom. The molecule has 0 atom stereocenters. The molecule has 75 valence electrons. The van der Waals surface area contributed by atoms with Crippen LogP contribution in [0.15, 0.2) is 36.5 Å². The lowest BCUT2D eigenvalue weighted by Crippen LogP contribution is -1.93. The van der Waals surface area contributed by atoms with Crippen LogP contribution in [0.1, 0.15) is 0 Å². The fourth-order valence-electron chi connectivity index (χ4n) is 1.38. The monoisotopic (exact) mass is 199 g/mol. The maximum atomic E-state index is 5.81. The van der Waals surface area contributed by atoms with Gasteiger partial charge < -0.3 is 10.5 Å². The second kappa shape index (κ2) is 4.00. The third-order valence-electron chi connectivity index (χ3n) is 2.13. The molecule has 0 saturated carbocycles. The molecule has 0 aliphatic carbocycles. The summed E-state index contributed by atoms with van der Waals surface area (Å²) >= 11 is 0. The van der Waals surface area contributed by atoms with E-state index in [1.54, 1.807) is 19.4 Å². The number of benzene rings is 1. The van der Waals surface area contributed by atoms with Crippen molar-refractivity contribution in [2.45, 2.75) is 0 Å². The van der Waals surface area contributed by atoms with Gasteiger partial charge in [-0.3, -0.25) is 4.98 Å². The van der Waals surface area contributed by atoms with Gasteiger partial charge in [0.2, 0.25) is 0 Å². The lowest BCUT2D eigenvalue weighted by Gasteiger charge is -2.06. The van der Waals surface area contributed by atoms with Crippen molar-refractivity contribution in [2.75, 3.05) is 12.8 Å². The summed E-state index contributed by atoms with van der Waals surface area (Å²) in [6.07, 6.45) is 1.70. The fraction of sp³-hybridized carbons (Fsp3) is 0.0833. The van der Waals surface area contributed by atoms with Crippen LogP contribution in [0.5, 0.6) is 5.75 Å². The Morgan fingerprint density at radius 2 is 2.27 bits per heavy atom. The zero-order valence-electron chi connectivity index (χ0n) is 8.40. The highest BCUT2D eigenvalue weighted by atomic mass is 16.5. The first-order valence-electron chi connectivity index (χ1n) is 4.57. The van der Waals surface area contributed by atoms with Gasteiger partial charge in [0.25, 0.3) is 0 Å². The second-order valence-electron chi connectivity index (χ2n) is 3.10. The van der Waals surface area contributed by atoms with Crippen LogP contribution in [0.4, 0.5) is 5.69 Å². The lowest BCUT2D eigenvalue weighted by molar-refractivity contribution is 0.417. The largest absolute Gasteiger partial charge is 0.495 e. The summed E-state index contributed by atoms with van der Waals surface area (Å²) in [7, 11) is 1.60. The quantitative estimate of drug-likeness (QED) is 0.754. The van der Waals surface area contributed by atoms with Gasteiger partial charge in [0, 0.05) is 11.8 Å². The van der Waals surface area contributed by atoms with Crippen LogP contribution in [0.2, 0.25) is 0 Å². The average molecular weight is 199 g/mol. The van der Waals surface area contributed by atoms with Gasteiger partial charge >= 0.3 is 0 Å². The van der Waals surface area contributed by atoms with Gasteiger partial charge in [-0.15, -0.1) is 0 Å². The molecule has 1 aromatic carbocycles. The lowest BCUT2D eigenvalue weighted by atomic mass is 10.1. The van der Waals surface area contributed by atoms with Gasteiger partial charge in [0.1, 0.15) is 5.75 Å². The highest BCUT2D eigenvalue weighted by Gasteiger charge is 2.02. The van der Waals surface area contributed by atoms with Gasteiger partial charge in [0.15, 0.2) is 0 Å². The normalized spacial score (nSPS) is 9.93. The molecule has 0 fully saturated rings. The molecule has 1 aromatic heterocycles. The minimum absolute atomic E-state index is 0.612. The molecule has 0 aliphatic heterocycles. The summed E-state index contributed by atoms with van der Waals surface area (Å²) in [5, 5.41) is 0. The van der Waals surface area contributed by atoms with E-state index in [-0.39, 0.29) is 0 Å². The van der Waals surface area contributed by atoms with E-state index in [0.29, 0.717) is 11.4 Å². The molecule has 3 nitrogen and oxygen atoms in total. The third-order valence-corrected chi connectivity index (χ3v) is 2.13. The van der Waals surface area contributed by atoms with E-state index >= 15 is 0 Å². The number of hydrogen-bond acceptors (Lipinski definition) is 3. The van der Waals surface area contributed by atoms with Crippen molar-refractivity contribution in [1.29, 1.82) is 0 Å². The van der Waals surface area contributed by atoms with Crippen molar-refractivity contribution in [3.05, 3.63) is 42.6 Å². The van der Waals surface area contributed by atoms with Crippen molar-refractivity contribution in [3.8, 4) is 17.0 Å². The molecule has 1 heterocycles. The Kier molecular flexibility index (Phi) is 2.54. The number of nitrogens with two attached hydrogens (primary N) is 1. The van der Waals surface area contributed by atoms with Crippen LogP contribution in [-0.2, 0) is 0 Å². The van der Waals surface area contributed by atoms with E-state index in [9.17, 15) is 0 Å². The highest BCUT2D eigenvalue weighted by molar-refractivity contribution is 5.67. The molecule has 0 amide bonds. The van der Waals surface area contributed by atoms with Gasteiger partial charge in [-0.1, -0.05) is 0 Å². The number of anilines is 1. The van der Waals surface area contributed by atoms with E-state index in [2.05, 4.69) is 11.1 Å². The number of nitrogens with zero attached hydrogens (tertiary/aromatic N) is 1. The van der Waals surface area contributed by atoms with Crippen LogP contribution in [-0.4, -0.2) is 12.1 Å². The number of aromatic nitrogens is 1. The van der Waals surface area contributed by atoms with E-state index in [1.165, 1.54) is 0 Å². The van der Waals surface area contributed by atoms with E-state index in [1.807, 2.05) is 24.3 Å². The van der Waals surface area contributed by atoms with E-state index in [0.717, 1.165) is 11.3 Å². The smallest absolute Gasteiger partial charge is 0.141 e. The van der Waals surface area contributed by atoms with Crippen LogP contribution < -0.4 is 10.5 Å². The average Bonchev–Trinajstić information content (AvgIpc) is 2.30. The summed E-state index contributed by atoms with van der Waals surface area (Å²) in [4.78, 5) is 4.22. The molecule has 0 aliphatic rings. The SMILES string of the molecule is COc1ccc(-c2c[c]ccn2)cc1N. The van der Waals surface area contributed by atoms with Crippen LogP contribution >= 0.6 is 0 Å². The Balaban J connectivity index is 2.43. The van der Waals surface area contributed by atoms with Crippen molar-refractivity contribution in [3.63, 3.8) is 0 Å². The number of ether oxygens (including phenoxy) is 1. The van der Waals surface area contributed by atoms with Gasteiger partial charge in [-0.25, -0.2) is 0 Å². The maximum absolute atomic E-state index is 5.81. The fourth-order valence-corrected chi connectivity index (χ4v) is 1.38. The molecular formula is C12H11N2O. The van der Waals surface area contributed by atoms with E-state index in [4.69, 9.17) is 10.5 Å². The van der Waals surface area contributed by atoms with Crippen molar-refractivity contribution in [1.82, 2.24) is 4.98 Å². The molecule has 0 saturated heterocycles. The van der Waals surface area contributed by atoms with Crippen LogP contribution in [0, 0.1) is 6.07 Å². The minimum Gasteiger partial charge on any atom is -0.495 e. The first-order valence-corrected chi connectivity index (χ1v) is 4.57. The summed E-state index contributed by atoms with van der Waals surface area (Å²) in [5.74, 6) is 0.679. The minimum atomic E-state index is 0.612. The predicted octanol–water partition coefficient (Wildman–Crippen LogP) is 2.14. The zero-order valence-corrected chi connectivity index (χ0v) is 8.40. The second-order valence-corrected chi connectivity index (χ2v) is 3.10. The topological polar surface area (TPSA) is 48.1 Å². The zero-order chi connectivity index (χ0) is 10.7. The van der Waals surface area contributed by atoms with E-state index < -0.39 is 0 Å². The van der Waals surface area contributed by atoms with Crippen molar-refractivity contribution in [2.24, 2.45) is 0 Å². The Hall–Kier alpha value is -2.03. The summed E-state index contributed by atoms with van der Waals surface area (Å²) in [6.45, 7) is 0. The van der Waals surface area contributed by atoms with Crippen molar-refractivity contribution < 1.29 is 4.74 Å². The van der Waals surface area contributed by atoms with Crippen LogP contribution in [0.25, 0.3) is 11.3 Å². The Bertz CT molecular complexity index is 454. The Labute approximate surface area is 88.5 Å². The third kappa shape index (κ3) is 1.91.